The van der Waals surface area contributed by atoms with Crippen molar-refractivity contribution in [2.75, 3.05) is 11.9 Å². The van der Waals surface area contributed by atoms with E-state index in [0.717, 1.165) is 21.1 Å². The summed E-state index contributed by atoms with van der Waals surface area (Å²) in [5.41, 5.74) is 4.40. The molecule has 0 aliphatic heterocycles. The molecule has 0 atom stereocenters. The number of allylic oxidation sites excluding steroid dienone is 1. The number of rotatable bonds is 6. The predicted octanol–water partition coefficient (Wildman–Crippen LogP) is 5.72. The van der Waals surface area contributed by atoms with Crippen LogP contribution in [-0.4, -0.2) is 22.5 Å². The molecule has 0 saturated carbocycles. The number of fused-ring (bicyclic) bond motifs is 1. The Balaban J connectivity index is 1.56. The van der Waals surface area contributed by atoms with Gasteiger partial charge in [0.15, 0.2) is 6.61 Å². The number of carbonyl (C=O) groups excluding carboxylic acids is 1. The summed E-state index contributed by atoms with van der Waals surface area (Å²) in [6.45, 7) is 1.80. The summed E-state index contributed by atoms with van der Waals surface area (Å²) < 4.78 is 6.60. The van der Waals surface area contributed by atoms with Crippen molar-refractivity contribution in [3.8, 4) is 11.8 Å². The van der Waals surface area contributed by atoms with Gasteiger partial charge in [0, 0.05) is 15.7 Å². The zero-order valence-electron chi connectivity index (χ0n) is 17.2. The number of aryl methyl sites for hydroxylation is 1. The number of carbonyl (C=O) groups is 1. The number of nitriles is 1. The van der Waals surface area contributed by atoms with Crippen LogP contribution >= 0.6 is 15.9 Å². The van der Waals surface area contributed by atoms with E-state index in [4.69, 9.17) is 4.74 Å². The maximum Gasteiger partial charge on any atom is 0.262 e. The van der Waals surface area contributed by atoms with E-state index in [1.54, 1.807) is 12.1 Å². The first-order chi connectivity index (χ1) is 15.5. The number of aromatic amines is 1. The summed E-state index contributed by atoms with van der Waals surface area (Å²) in [7, 11) is 0. The van der Waals surface area contributed by atoms with Gasteiger partial charge < -0.3 is 15.0 Å². The van der Waals surface area contributed by atoms with Gasteiger partial charge in [0.25, 0.3) is 5.91 Å². The number of nitrogens with one attached hydrogen (secondary N) is 2. The van der Waals surface area contributed by atoms with Crippen molar-refractivity contribution in [2.45, 2.75) is 6.92 Å². The summed E-state index contributed by atoms with van der Waals surface area (Å²) in [6.07, 6.45) is 1.69. The lowest BCUT2D eigenvalue weighted by Crippen LogP contribution is -2.20. The van der Waals surface area contributed by atoms with Gasteiger partial charge >= 0.3 is 0 Å². The lowest BCUT2D eigenvalue weighted by molar-refractivity contribution is -0.118. The first-order valence-corrected chi connectivity index (χ1v) is 10.7. The number of hydrogen-bond acceptors (Lipinski definition) is 4. The quantitative estimate of drug-likeness (QED) is 0.341. The van der Waals surface area contributed by atoms with Crippen molar-refractivity contribution in [1.82, 2.24) is 9.97 Å². The number of ether oxygens (including phenoxy) is 1. The summed E-state index contributed by atoms with van der Waals surface area (Å²) >= 11 is 3.45. The second kappa shape index (κ2) is 9.50. The summed E-state index contributed by atoms with van der Waals surface area (Å²) in [5.74, 6) is 0.680. The van der Waals surface area contributed by atoms with Crippen molar-refractivity contribution in [3.05, 3.63) is 88.2 Å². The number of imidazole rings is 1. The highest BCUT2D eigenvalue weighted by molar-refractivity contribution is 9.10. The molecule has 0 unspecified atom stereocenters. The zero-order valence-corrected chi connectivity index (χ0v) is 18.8. The fourth-order valence-electron chi connectivity index (χ4n) is 3.22. The van der Waals surface area contributed by atoms with Crippen molar-refractivity contribution in [3.63, 3.8) is 0 Å². The lowest BCUT2D eigenvalue weighted by Gasteiger charge is -2.11. The van der Waals surface area contributed by atoms with E-state index in [1.807, 2.05) is 67.6 Å². The Kier molecular flexibility index (Phi) is 6.34. The van der Waals surface area contributed by atoms with Crippen LogP contribution in [0.1, 0.15) is 17.0 Å². The molecule has 0 fully saturated rings. The Bertz CT molecular complexity index is 1330. The van der Waals surface area contributed by atoms with Gasteiger partial charge in [0.05, 0.1) is 16.6 Å². The van der Waals surface area contributed by atoms with Gasteiger partial charge in [-0.05, 0) is 61.0 Å². The Hall–Kier alpha value is -3.89. The number of halogens is 1. The van der Waals surface area contributed by atoms with Crippen molar-refractivity contribution >= 4 is 50.2 Å². The summed E-state index contributed by atoms with van der Waals surface area (Å²) in [5, 5.41) is 12.6. The molecule has 0 aliphatic rings. The van der Waals surface area contributed by atoms with Gasteiger partial charge in [0.1, 0.15) is 17.6 Å². The number of nitrogens with zero attached hydrogens (tertiary/aromatic N) is 2. The van der Waals surface area contributed by atoms with E-state index in [0.29, 0.717) is 28.4 Å². The molecule has 0 spiro atoms. The Labute approximate surface area is 193 Å². The minimum atomic E-state index is -0.272. The van der Waals surface area contributed by atoms with Crippen LogP contribution in [0.3, 0.4) is 0 Å². The van der Waals surface area contributed by atoms with Crippen LogP contribution in [0.4, 0.5) is 5.69 Å². The van der Waals surface area contributed by atoms with Crippen LogP contribution in [0.2, 0.25) is 0 Å². The lowest BCUT2D eigenvalue weighted by atomic mass is 10.1. The number of aromatic nitrogens is 2. The molecule has 0 aliphatic carbocycles. The van der Waals surface area contributed by atoms with Gasteiger partial charge in [0.2, 0.25) is 0 Å². The number of amides is 1. The molecule has 1 aromatic heterocycles. The second-order valence-corrected chi connectivity index (χ2v) is 8.08. The average molecular weight is 487 g/mol. The number of para-hydroxylation sites is 2. The minimum absolute atomic E-state index is 0.164. The number of benzene rings is 3. The molecule has 6 nitrogen and oxygen atoms in total. The monoisotopic (exact) mass is 486 g/mol. The van der Waals surface area contributed by atoms with Crippen molar-refractivity contribution in [2.24, 2.45) is 0 Å². The van der Waals surface area contributed by atoms with Crippen LogP contribution < -0.4 is 10.1 Å². The zero-order chi connectivity index (χ0) is 22.5. The molecular weight excluding hydrogens is 468 g/mol. The third-order valence-corrected chi connectivity index (χ3v) is 5.19. The fraction of sp³-hybridized carbons (Fsp3) is 0.0800. The Morgan fingerprint density at radius 1 is 1.19 bits per heavy atom. The molecule has 4 rings (SSSR count). The smallest absolute Gasteiger partial charge is 0.262 e. The Morgan fingerprint density at radius 2 is 2.03 bits per heavy atom. The molecule has 2 N–H and O–H groups in total. The first-order valence-electron chi connectivity index (χ1n) is 9.87. The van der Waals surface area contributed by atoms with Crippen molar-refractivity contribution < 1.29 is 9.53 Å². The molecule has 0 bridgehead atoms. The van der Waals surface area contributed by atoms with Crippen LogP contribution in [0.5, 0.6) is 5.75 Å². The van der Waals surface area contributed by atoms with E-state index >= 15 is 0 Å². The molecule has 1 heterocycles. The molecule has 32 heavy (non-hydrogen) atoms. The number of anilines is 1. The normalized spacial score (nSPS) is 11.2. The number of H-pyrrole nitrogens is 1. The van der Waals surface area contributed by atoms with Gasteiger partial charge in [-0.3, -0.25) is 4.79 Å². The third kappa shape index (κ3) is 5.05. The van der Waals surface area contributed by atoms with E-state index < -0.39 is 0 Å². The van der Waals surface area contributed by atoms with E-state index in [2.05, 4.69) is 37.3 Å². The van der Waals surface area contributed by atoms with E-state index in [1.165, 1.54) is 0 Å². The predicted molar refractivity (Wildman–Crippen MR) is 129 cm³/mol. The van der Waals surface area contributed by atoms with Gasteiger partial charge in [-0.2, -0.15) is 5.26 Å². The maximum atomic E-state index is 12.3. The molecule has 158 valence electrons. The molecule has 1 amide bonds. The molecule has 0 radical (unpaired) electrons. The van der Waals surface area contributed by atoms with Crippen LogP contribution in [0.15, 0.2) is 71.2 Å². The standard InChI is InChI=1S/C25H19BrN4O2/c1-16-5-4-6-20(11-16)28-24(31)15-32-23-10-9-19(26)13-17(23)12-18(14-27)25-29-21-7-2-3-8-22(21)30-25/h2-13H,15H2,1H3,(H,28,31)(H,29,30)/b18-12+. The average Bonchev–Trinajstić information content (AvgIpc) is 3.21. The molecular formula is C25H19BrN4O2. The summed E-state index contributed by atoms with van der Waals surface area (Å²) in [4.78, 5) is 20.0. The molecule has 7 heteroatoms. The first kappa shape index (κ1) is 21.3. The molecule has 4 aromatic rings. The minimum Gasteiger partial charge on any atom is -0.483 e. The SMILES string of the molecule is Cc1cccc(NC(=O)COc2ccc(Br)cc2/C=C(\C#N)c2nc3ccccc3[nH]2)c1. The van der Waals surface area contributed by atoms with Crippen LogP contribution in [-0.2, 0) is 4.79 Å². The van der Waals surface area contributed by atoms with Crippen LogP contribution in [0, 0.1) is 18.3 Å². The highest BCUT2D eigenvalue weighted by atomic mass is 79.9. The molecule has 3 aromatic carbocycles. The third-order valence-electron chi connectivity index (χ3n) is 4.70. The highest BCUT2D eigenvalue weighted by Crippen LogP contribution is 2.28. The van der Waals surface area contributed by atoms with E-state index in [9.17, 15) is 10.1 Å². The highest BCUT2D eigenvalue weighted by Gasteiger charge is 2.12. The fourth-order valence-corrected chi connectivity index (χ4v) is 3.59. The number of hydrogen-bond donors (Lipinski definition) is 2. The maximum absolute atomic E-state index is 12.3. The van der Waals surface area contributed by atoms with Gasteiger partial charge in [-0.25, -0.2) is 4.98 Å². The van der Waals surface area contributed by atoms with Gasteiger partial charge in [-0.1, -0.05) is 40.2 Å². The topological polar surface area (TPSA) is 90.8 Å². The van der Waals surface area contributed by atoms with Gasteiger partial charge in [-0.15, -0.1) is 0 Å². The van der Waals surface area contributed by atoms with Crippen molar-refractivity contribution in [1.29, 1.82) is 5.26 Å². The summed E-state index contributed by atoms with van der Waals surface area (Å²) in [6, 6.07) is 22.7. The molecule has 0 saturated heterocycles. The Morgan fingerprint density at radius 3 is 2.81 bits per heavy atom. The van der Waals surface area contributed by atoms with E-state index in [-0.39, 0.29) is 12.5 Å². The second-order valence-electron chi connectivity index (χ2n) is 7.16. The largest absolute Gasteiger partial charge is 0.483 e. The van der Waals surface area contributed by atoms with Crippen LogP contribution in [0.25, 0.3) is 22.7 Å².